The molecule has 20 heavy (non-hydrogen) atoms. The Labute approximate surface area is 127 Å². The maximum atomic E-state index is 14.0. The van der Waals surface area contributed by atoms with E-state index in [0.717, 1.165) is 16.8 Å². The minimum absolute atomic E-state index is 0.183. The van der Waals surface area contributed by atoms with E-state index in [1.165, 1.54) is 6.07 Å². The molecular formula is C16H17BrFNO. The van der Waals surface area contributed by atoms with E-state index in [1.807, 2.05) is 37.3 Å². The lowest BCUT2D eigenvalue weighted by atomic mass is 10.1. The highest BCUT2D eigenvalue weighted by molar-refractivity contribution is 9.10. The van der Waals surface area contributed by atoms with Crippen LogP contribution in [0.15, 0.2) is 53.0 Å². The molecule has 1 unspecified atom stereocenters. The molecule has 0 aliphatic carbocycles. The first kappa shape index (κ1) is 15.0. The molecule has 106 valence electrons. The van der Waals surface area contributed by atoms with Gasteiger partial charge in [0.25, 0.3) is 0 Å². The number of nitrogens with one attached hydrogen (secondary N) is 1. The van der Waals surface area contributed by atoms with Crippen LogP contribution in [0, 0.1) is 5.82 Å². The number of benzene rings is 2. The van der Waals surface area contributed by atoms with Gasteiger partial charge in [-0.2, -0.15) is 0 Å². The Balaban J connectivity index is 2.12. The zero-order valence-corrected chi connectivity index (χ0v) is 12.9. The van der Waals surface area contributed by atoms with E-state index in [9.17, 15) is 4.39 Å². The van der Waals surface area contributed by atoms with Crippen LogP contribution in [-0.2, 0) is 0 Å². The van der Waals surface area contributed by atoms with Crippen LogP contribution >= 0.6 is 15.9 Å². The van der Waals surface area contributed by atoms with Crippen LogP contribution < -0.4 is 10.1 Å². The summed E-state index contributed by atoms with van der Waals surface area (Å²) in [5, 5.41) is 3.25. The lowest BCUT2D eigenvalue weighted by molar-refractivity contribution is 0.265. The Morgan fingerprint density at radius 2 is 1.95 bits per heavy atom. The molecule has 0 bridgehead atoms. The van der Waals surface area contributed by atoms with Crippen molar-refractivity contribution >= 4 is 15.9 Å². The maximum absolute atomic E-state index is 14.0. The summed E-state index contributed by atoms with van der Waals surface area (Å²) in [4.78, 5) is 0. The molecule has 0 aliphatic rings. The molecule has 2 aromatic carbocycles. The van der Waals surface area contributed by atoms with Gasteiger partial charge in [-0.05, 0) is 36.9 Å². The average molecular weight is 338 g/mol. The van der Waals surface area contributed by atoms with Crippen LogP contribution in [0.4, 0.5) is 4.39 Å². The van der Waals surface area contributed by atoms with E-state index in [2.05, 4.69) is 21.2 Å². The highest BCUT2D eigenvalue weighted by Gasteiger charge is 2.16. The minimum atomic E-state index is -0.226. The molecule has 0 aliphatic heterocycles. The highest BCUT2D eigenvalue weighted by Crippen LogP contribution is 2.23. The second kappa shape index (κ2) is 7.41. The van der Waals surface area contributed by atoms with Gasteiger partial charge in [0.2, 0.25) is 0 Å². The second-order valence-corrected chi connectivity index (χ2v) is 5.32. The van der Waals surface area contributed by atoms with E-state index in [1.54, 1.807) is 12.1 Å². The number of ether oxygens (including phenoxy) is 1. The molecule has 1 atom stereocenters. The number of rotatable bonds is 6. The monoisotopic (exact) mass is 337 g/mol. The number of hydrogen-bond acceptors (Lipinski definition) is 2. The van der Waals surface area contributed by atoms with Gasteiger partial charge in [-0.3, -0.25) is 0 Å². The van der Waals surface area contributed by atoms with Gasteiger partial charge in [-0.25, -0.2) is 4.39 Å². The second-order valence-electron chi connectivity index (χ2n) is 4.40. The topological polar surface area (TPSA) is 21.3 Å². The first-order chi connectivity index (χ1) is 9.70. The van der Waals surface area contributed by atoms with Gasteiger partial charge in [-0.1, -0.05) is 41.1 Å². The standard InChI is InChI=1S/C16H17BrFNO/c1-2-19-16(11-20-13-6-4-3-5-7-13)14-10-12(17)8-9-15(14)18/h3-10,16,19H,2,11H2,1H3. The van der Waals surface area contributed by atoms with Crippen molar-refractivity contribution in [3.05, 3.63) is 64.4 Å². The zero-order chi connectivity index (χ0) is 14.4. The Bertz CT molecular complexity index is 547. The van der Waals surface area contributed by atoms with E-state index in [0.29, 0.717) is 12.2 Å². The van der Waals surface area contributed by atoms with Crippen LogP contribution in [0.5, 0.6) is 5.75 Å². The fourth-order valence-corrected chi connectivity index (χ4v) is 2.36. The maximum Gasteiger partial charge on any atom is 0.128 e. The predicted molar refractivity (Wildman–Crippen MR) is 82.5 cm³/mol. The number of halogens is 2. The van der Waals surface area contributed by atoms with Crippen molar-refractivity contribution < 1.29 is 9.13 Å². The fourth-order valence-electron chi connectivity index (χ4n) is 1.98. The van der Waals surface area contributed by atoms with Crippen LogP contribution in [0.2, 0.25) is 0 Å². The van der Waals surface area contributed by atoms with Crippen LogP contribution in [-0.4, -0.2) is 13.2 Å². The molecular weight excluding hydrogens is 321 g/mol. The lowest BCUT2D eigenvalue weighted by Crippen LogP contribution is -2.27. The summed E-state index contributed by atoms with van der Waals surface area (Å²) in [5.41, 5.74) is 0.608. The normalized spacial score (nSPS) is 12.2. The SMILES string of the molecule is CCNC(COc1ccccc1)c1cc(Br)ccc1F. The van der Waals surface area contributed by atoms with E-state index in [-0.39, 0.29) is 11.9 Å². The van der Waals surface area contributed by atoms with Crippen molar-refractivity contribution in [3.8, 4) is 5.75 Å². The molecule has 0 spiro atoms. The molecule has 0 aromatic heterocycles. The largest absolute Gasteiger partial charge is 0.492 e. The van der Waals surface area contributed by atoms with Gasteiger partial charge in [0.05, 0.1) is 6.04 Å². The molecule has 2 aromatic rings. The van der Waals surface area contributed by atoms with Crippen molar-refractivity contribution in [3.63, 3.8) is 0 Å². The molecule has 0 amide bonds. The first-order valence-corrected chi connectivity index (χ1v) is 7.36. The van der Waals surface area contributed by atoms with Gasteiger partial charge < -0.3 is 10.1 Å². The first-order valence-electron chi connectivity index (χ1n) is 6.57. The summed E-state index contributed by atoms with van der Waals surface area (Å²) in [6.45, 7) is 3.12. The van der Waals surface area contributed by atoms with Crippen molar-refractivity contribution in [2.75, 3.05) is 13.2 Å². The van der Waals surface area contributed by atoms with E-state index in [4.69, 9.17) is 4.74 Å². The third kappa shape index (κ3) is 4.05. The number of hydrogen-bond donors (Lipinski definition) is 1. The molecule has 1 N–H and O–H groups in total. The highest BCUT2D eigenvalue weighted by atomic mass is 79.9. The molecule has 0 saturated carbocycles. The Morgan fingerprint density at radius 1 is 1.20 bits per heavy atom. The van der Waals surface area contributed by atoms with Crippen molar-refractivity contribution in [2.45, 2.75) is 13.0 Å². The Hall–Kier alpha value is -1.39. The molecule has 0 radical (unpaired) electrons. The molecule has 0 heterocycles. The minimum Gasteiger partial charge on any atom is -0.492 e. The van der Waals surface area contributed by atoms with E-state index < -0.39 is 0 Å². The third-order valence-electron chi connectivity index (χ3n) is 2.94. The van der Waals surface area contributed by atoms with Crippen molar-refractivity contribution in [1.82, 2.24) is 5.32 Å². The summed E-state index contributed by atoms with van der Waals surface area (Å²) >= 11 is 3.38. The Kier molecular flexibility index (Phi) is 5.56. The van der Waals surface area contributed by atoms with Gasteiger partial charge in [-0.15, -0.1) is 0 Å². The van der Waals surface area contributed by atoms with Crippen LogP contribution in [0.1, 0.15) is 18.5 Å². The van der Waals surface area contributed by atoms with Gasteiger partial charge in [0.15, 0.2) is 0 Å². The lowest BCUT2D eigenvalue weighted by Gasteiger charge is -2.20. The Morgan fingerprint density at radius 3 is 2.65 bits per heavy atom. The summed E-state index contributed by atoms with van der Waals surface area (Å²) in [7, 11) is 0. The quantitative estimate of drug-likeness (QED) is 0.847. The molecule has 2 nitrogen and oxygen atoms in total. The zero-order valence-electron chi connectivity index (χ0n) is 11.3. The molecule has 4 heteroatoms. The molecule has 0 fully saturated rings. The number of para-hydroxylation sites is 1. The predicted octanol–water partition coefficient (Wildman–Crippen LogP) is 4.32. The van der Waals surface area contributed by atoms with Gasteiger partial charge in [0.1, 0.15) is 18.2 Å². The van der Waals surface area contributed by atoms with Crippen molar-refractivity contribution in [2.24, 2.45) is 0 Å². The molecule has 0 saturated heterocycles. The van der Waals surface area contributed by atoms with Crippen LogP contribution in [0.3, 0.4) is 0 Å². The fraction of sp³-hybridized carbons (Fsp3) is 0.250. The van der Waals surface area contributed by atoms with Gasteiger partial charge >= 0.3 is 0 Å². The smallest absolute Gasteiger partial charge is 0.128 e. The van der Waals surface area contributed by atoms with Crippen molar-refractivity contribution in [1.29, 1.82) is 0 Å². The molecule has 2 rings (SSSR count). The average Bonchev–Trinajstić information content (AvgIpc) is 2.47. The summed E-state index contributed by atoms with van der Waals surface area (Å²) < 4.78 is 20.5. The van der Waals surface area contributed by atoms with Crippen LogP contribution in [0.25, 0.3) is 0 Å². The summed E-state index contributed by atoms with van der Waals surface area (Å²) in [6, 6.07) is 14.3. The van der Waals surface area contributed by atoms with Gasteiger partial charge in [0, 0.05) is 10.0 Å². The summed E-state index contributed by atoms with van der Waals surface area (Å²) in [5.74, 6) is 0.557. The number of likely N-dealkylation sites (N-methyl/N-ethyl adjacent to an activating group) is 1. The third-order valence-corrected chi connectivity index (χ3v) is 3.44. The summed E-state index contributed by atoms with van der Waals surface area (Å²) in [6.07, 6.45) is 0. The van der Waals surface area contributed by atoms with E-state index >= 15 is 0 Å².